The highest BCUT2D eigenvalue weighted by atomic mass is 16.5. The van der Waals surface area contributed by atoms with E-state index in [0.717, 1.165) is 11.1 Å². The van der Waals surface area contributed by atoms with Gasteiger partial charge in [-0.25, -0.2) is 0 Å². The number of hydrogen-bond acceptors (Lipinski definition) is 1. The lowest BCUT2D eigenvalue weighted by Gasteiger charge is -2.25. The maximum Gasteiger partial charge on any atom is 0.180 e. The van der Waals surface area contributed by atoms with Crippen molar-refractivity contribution in [3.8, 4) is 23.5 Å². The molecule has 88 valence electrons. The van der Waals surface area contributed by atoms with E-state index in [0.29, 0.717) is 6.61 Å². The van der Waals surface area contributed by atoms with Crippen molar-refractivity contribution in [3.05, 3.63) is 59.7 Å². The molecule has 2 aromatic carbocycles. The topological polar surface area (TPSA) is 9.23 Å². The summed E-state index contributed by atoms with van der Waals surface area (Å²) in [5.74, 6) is 2.87. The van der Waals surface area contributed by atoms with Crippen LogP contribution in [-0.2, 0) is 10.3 Å². The first-order chi connectivity index (χ1) is 8.83. The molecule has 0 atom stereocenters. The van der Waals surface area contributed by atoms with E-state index in [1.807, 2.05) is 31.2 Å². The molecule has 0 N–H and O–H groups in total. The molecule has 0 heterocycles. The third-order valence-electron chi connectivity index (χ3n) is 3.47. The van der Waals surface area contributed by atoms with Crippen molar-refractivity contribution in [1.82, 2.24) is 0 Å². The highest BCUT2D eigenvalue weighted by Gasteiger charge is 2.42. The van der Waals surface area contributed by atoms with Gasteiger partial charge in [-0.2, -0.15) is 0 Å². The van der Waals surface area contributed by atoms with Crippen molar-refractivity contribution in [3.63, 3.8) is 0 Å². The third kappa shape index (κ3) is 1.27. The quantitative estimate of drug-likeness (QED) is 0.722. The Morgan fingerprint density at radius 2 is 1.50 bits per heavy atom. The SMILES string of the molecule is C#CC1(OCC)c2ccccc2-c2ccccc21. The molecule has 0 fully saturated rings. The molecule has 0 bridgehead atoms. The second-order valence-electron chi connectivity index (χ2n) is 4.35. The van der Waals surface area contributed by atoms with Crippen LogP contribution in [0.15, 0.2) is 48.5 Å². The van der Waals surface area contributed by atoms with Crippen molar-refractivity contribution in [1.29, 1.82) is 0 Å². The molecule has 0 radical (unpaired) electrons. The molecular formula is C17H14O. The van der Waals surface area contributed by atoms with Crippen LogP contribution in [0.4, 0.5) is 0 Å². The summed E-state index contributed by atoms with van der Waals surface area (Å²) in [4.78, 5) is 0. The predicted octanol–water partition coefficient (Wildman–Crippen LogP) is 3.58. The fraction of sp³-hybridized carbons (Fsp3) is 0.176. The number of ether oxygens (including phenoxy) is 1. The van der Waals surface area contributed by atoms with Gasteiger partial charge in [0.05, 0.1) is 0 Å². The van der Waals surface area contributed by atoms with Crippen LogP contribution in [0.1, 0.15) is 18.1 Å². The van der Waals surface area contributed by atoms with E-state index in [9.17, 15) is 0 Å². The predicted molar refractivity (Wildman–Crippen MR) is 73.1 cm³/mol. The van der Waals surface area contributed by atoms with E-state index in [1.54, 1.807) is 0 Å². The summed E-state index contributed by atoms with van der Waals surface area (Å²) in [5, 5.41) is 0. The summed E-state index contributed by atoms with van der Waals surface area (Å²) in [5.41, 5.74) is 3.80. The molecule has 0 aromatic heterocycles. The third-order valence-corrected chi connectivity index (χ3v) is 3.47. The molecule has 1 aliphatic rings. The van der Waals surface area contributed by atoms with E-state index >= 15 is 0 Å². The van der Waals surface area contributed by atoms with Crippen molar-refractivity contribution in [2.24, 2.45) is 0 Å². The molecule has 2 aromatic rings. The summed E-state index contributed by atoms with van der Waals surface area (Å²) < 4.78 is 5.96. The lowest BCUT2D eigenvalue weighted by atomic mass is 9.92. The minimum atomic E-state index is -0.720. The molecule has 0 aliphatic heterocycles. The van der Waals surface area contributed by atoms with Crippen LogP contribution >= 0.6 is 0 Å². The first-order valence-electron chi connectivity index (χ1n) is 6.14. The average molecular weight is 234 g/mol. The fourth-order valence-corrected chi connectivity index (χ4v) is 2.76. The average Bonchev–Trinajstić information content (AvgIpc) is 2.72. The van der Waals surface area contributed by atoms with Crippen LogP contribution in [-0.4, -0.2) is 6.61 Å². The summed E-state index contributed by atoms with van der Waals surface area (Å²) in [6, 6.07) is 16.4. The molecule has 0 unspecified atom stereocenters. The van der Waals surface area contributed by atoms with Crippen LogP contribution in [0.25, 0.3) is 11.1 Å². The van der Waals surface area contributed by atoms with Crippen LogP contribution in [0.2, 0.25) is 0 Å². The van der Waals surface area contributed by atoms with Crippen LogP contribution in [0.3, 0.4) is 0 Å². The summed E-state index contributed by atoms with van der Waals surface area (Å²) in [7, 11) is 0. The van der Waals surface area contributed by atoms with E-state index in [2.05, 4.69) is 30.2 Å². The minimum absolute atomic E-state index is 0.590. The normalized spacial score (nSPS) is 14.7. The van der Waals surface area contributed by atoms with Crippen molar-refractivity contribution >= 4 is 0 Å². The standard InChI is InChI=1S/C17H14O/c1-3-17(18-4-2)15-11-7-5-9-13(15)14-10-6-8-12-16(14)17/h1,5-12H,4H2,2H3. The number of terminal acetylenes is 1. The molecule has 0 saturated heterocycles. The Hall–Kier alpha value is -2.04. The fourth-order valence-electron chi connectivity index (χ4n) is 2.76. The Morgan fingerprint density at radius 3 is 1.94 bits per heavy atom. The minimum Gasteiger partial charge on any atom is -0.354 e. The van der Waals surface area contributed by atoms with Gasteiger partial charge in [0.15, 0.2) is 5.60 Å². The second kappa shape index (κ2) is 4.01. The van der Waals surface area contributed by atoms with Gasteiger partial charge in [0, 0.05) is 17.7 Å². The molecule has 3 rings (SSSR count). The van der Waals surface area contributed by atoms with E-state index in [-0.39, 0.29) is 0 Å². The van der Waals surface area contributed by atoms with Crippen LogP contribution in [0, 0.1) is 12.3 Å². The molecular weight excluding hydrogens is 220 g/mol. The Bertz CT molecular complexity index is 589. The van der Waals surface area contributed by atoms with Gasteiger partial charge < -0.3 is 4.74 Å². The Labute approximate surface area is 107 Å². The maximum atomic E-state index is 5.96. The van der Waals surface area contributed by atoms with Crippen LogP contribution < -0.4 is 0 Å². The molecule has 0 saturated carbocycles. The van der Waals surface area contributed by atoms with Gasteiger partial charge in [-0.3, -0.25) is 0 Å². The summed E-state index contributed by atoms with van der Waals surface area (Å²) in [6.07, 6.45) is 5.81. The second-order valence-corrected chi connectivity index (χ2v) is 4.35. The number of hydrogen-bond donors (Lipinski definition) is 0. The van der Waals surface area contributed by atoms with Crippen molar-refractivity contribution in [2.75, 3.05) is 6.61 Å². The molecule has 0 amide bonds. The van der Waals surface area contributed by atoms with E-state index in [1.165, 1.54) is 11.1 Å². The first-order valence-corrected chi connectivity index (χ1v) is 6.14. The van der Waals surface area contributed by atoms with E-state index < -0.39 is 5.60 Å². The largest absolute Gasteiger partial charge is 0.354 e. The van der Waals surface area contributed by atoms with E-state index in [4.69, 9.17) is 11.2 Å². The zero-order valence-corrected chi connectivity index (χ0v) is 10.3. The van der Waals surface area contributed by atoms with Crippen molar-refractivity contribution < 1.29 is 4.74 Å². The molecule has 1 aliphatic carbocycles. The Balaban J connectivity index is 2.37. The van der Waals surface area contributed by atoms with Gasteiger partial charge in [0.25, 0.3) is 0 Å². The van der Waals surface area contributed by atoms with Gasteiger partial charge in [-0.15, -0.1) is 6.42 Å². The van der Waals surface area contributed by atoms with Gasteiger partial charge in [0.2, 0.25) is 0 Å². The lowest BCUT2D eigenvalue weighted by Crippen LogP contribution is -2.26. The van der Waals surface area contributed by atoms with Gasteiger partial charge in [-0.05, 0) is 18.1 Å². The Morgan fingerprint density at radius 1 is 1.00 bits per heavy atom. The molecule has 1 nitrogen and oxygen atoms in total. The smallest absolute Gasteiger partial charge is 0.180 e. The highest BCUT2D eigenvalue weighted by molar-refractivity contribution is 5.81. The first kappa shape index (κ1) is 11.1. The number of fused-ring (bicyclic) bond motifs is 3. The zero-order valence-electron chi connectivity index (χ0n) is 10.3. The lowest BCUT2D eigenvalue weighted by molar-refractivity contribution is 0.0391. The zero-order chi connectivity index (χ0) is 12.6. The maximum absolute atomic E-state index is 5.96. The molecule has 18 heavy (non-hydrogen) atoms. The van der Waals surface area contributed by atoms with Crippen LogP contribution in [0.5, 0.6) is 0 Å². The number of benzene rings is 2. The molecule has 0 spiro atoms. The Kier molecular flexibility index (Phi) is 2.47. The summed E-state index contributed by atoms with van der Waals surface area (Å²) in [6.45, 7) is 2.56. The highest BCUT2D eigenvalue weighted by Crippen LogP contribution is 2.48. The number of rotatable bonds is 2. The van der Waals surface area contributed by atoms with Gasteiger partial charge >= 0.3 is 0 Å². The summed E-state index contributed by atoms with van der Waals surface area (Å²) >= 11 is 0. The van der Waals surface area contributed by atoms with Gasteiger partial charge in [0.1, 0.15) is 0 Å². The van der Waals surface area contributed by atoms with Gasteiger partial charge in [-0.1, -0.05) is 54.5 Å². The van der Waals surface area contributed by atoms with Crippen molar-refractivity contribution in [2.45, 2.75) is 12.5 Å². The monoisotopic (exact) mass is 234 g/mol. The molecule has 1 heteroatoms.